The van der Waals surface area contributed by atoms with Crippen molar-refractivity contribution < 1.29 is 19.7 Å². The summed E-state index contributed by atoms with van der Waals surface area (Å²) in [7, 11) is 0. The molecule has 4 nitrogen and oxygen atoms in total. The molecule has 0 heterocycles. The number of carbonyl (C=O) groups is 1. The molecular formula is C23H38O4. The average molecular weight is 379 g/mol. The van der Waals surface area contributed by atoms with Gasteiger partial charge >= 0.3 is 5.97 Å². The lowest BCUT2D eigenvalue weighted by Crippen LogP contribution is -2.23. The van der Waals surface area contributed by atoms with E-state index in [0.717, 1.165) is 18.4 Å². The Bertz CT molecular complexity index is 475. The summed E-state index contributed by atoms with van der Waals surface area (Å²) in [5.41, 5.74) is 1.10. The summed E-state index contributed by atoms with van der Waals surface area (Å²) in [6, 6.07) is 9.97. The Hall–Kier alpha value is -1.39. The Morgan fingerprint density at radius 1 is 0.963 bits per heavy atom. The highest BCUT2D eigenvalue weighted by Crippen LogP contribution is 2.17. The molecule has 0 radical (unpaired) electrons. The summed E-state index contributed by atoms with van der Waals surface area (Å²) in [5, 5.41) is 18.8. The maximum atomic E-state index is 10.8. The lowest BCUT2D eigenvalue weighted by molar-refractivity contribution is -0.139. The molecule has 0 aliphatic heterocycles. The number of carboxylic acid groups (broad SMARTS) is 1. The van der Waals surface area contributed by atoms with Crippen LogP contribution in [0.1, 0.15) is 89.5 Å². The van der Waals surface area contributed by atoms with Gasteiger partial charge in [0.25, 0.3) is 0 Å². The van der Waals surface area contributed by atoms with Crippen molar-refractivity contribution in [2.75, 3.05) is 0 Å². The van der Waals surface area contributed by atoms with Gasteiger partial charge in [-0.15, -0.1) is 0 Å². The van der Waals surface area contributed by atoms with E-state index in [1.54, 1.807) is 0 Å². The van der Waals surface area contributed by atoms with Crippen LogP contribution in [-0.4, -0.2) is 28.4 Å². The van der Waals surface area contributed by atoms with E-state index in [9.17, 15) is 9.90 Å². The first-order valence-electron chi connectivity index (χ1n) is 10.7. The van der Waals surface area contributed by atoms with Crippen LogP contribution in [0.5, 0.6) is 0 Å². The fourth-order valence-electron chi connectivity index (χ4n) is 3.33. The Balaban J connectivity index is 2.27. The quantitative estimate of drug-likeness (QED) is 0.340. The molecule has 0 aromatic heterocycles. The molecule has 0 aliphatic carbocycles. The molecule has 154 valence electrons. The van der Waals surface area contributed by atoms with Gasteiger partial charge in [0.1, 0.15) is 0 Å². The average Bonchev–Trinajstić information content (AvgIpc) is 2.64. The first-order chi connectivity index (χ1) is 13.1. The van der Waals surface area contributed by atoms with Gasteiger partial charge in [0.15, 0.2) is 0 Å². The predicted octanol–water partition coefficient (Wildman–Crippen LogP) is 5.72. The normalized spacial score (nSPS) is 13.4. The Morgan fingerprint density at radius 3 is 2.15 bits per heavy atom. The topological polar surface area (TPSA) is 66.8 Å². The van der Waals surface area contributed by atoms with Gasteiger partial charge in [-0.2, -0.15) is 0 Å². The lowest BCUT2D eigenvalue weighted by Gasteiger charge is -2.20. The molecule has 1 aromatic rings. The molecule has 1 rings (SSSR count). The van der Waals surface area contributed by atoms with Crippen LogP contribution in [0.3, 0.4) is 0 Å². The molecule has 2 N–H and O–H groups in total. The van der Waals surface area contributed by atoms with Gasteiger partial charge in [-0.1, -0.05) is 95.0 Å². The standard InChI is InChI=1S/C23H38O4/c1-2-3-4-5-6-7-8-9-13-16-22(17-21(24)18-23(25)26)27-19-20-14-11-10-12-15-20/h10-12,14-15,21-22,24H,2-9,13,16-19H2,1H3,(H,25,26)/t21-,22+/m0/s1. The van der Waals surface area contributed by atoms with Gasteiger partial charge in [0.05, 0.1) is 25.2 Å². The predicted molar refractivity (Wildman–Crippen MR) is 110 cm³/mol. The lowest BCUT2D eigenvalue weighted by atomic mass is 10.0. The smallest absolute Gasteiger partial charge is 0.305 e. The van der Waals surface area contributed by atoms with Crippen LogP contribution < -0.4 is 0 Å². The van der Waals surface area contributed by atoms with Crippen LogP contribution >= 0.6 is 0 Å². The zero-order valence-electron chi connectivity index (χ0n) is 16.9. The van der Waals surface area contributed by atoms with E-state index in [0.29, 0.717) is 13.0 Å². The van der Waals surface area contributed by atoms with Crippen molar-refractivity contribution >= 4 is 5.97 Å². The molecule has 0 fully saturated rings. The number of carboxylic acids is 1. The molecule has 0 bridgehead atoms. The van der Waals surface area contributed by atoms with E-state index in [-0.39, 0.29) is 12.5 Å². The van der Waals surface area contributed by atoms with Gasteiger partial charge < -0.3 is 14.9 Å². The van der Waals surface area contributed by atoms with Crippen molar-refractivity contribution in [2.45, 2.75) is 103 Å². The molecular weight excluding hydrogens is 340 g/mol. The first-order valence-corrected chi connectivity index (χ1v) is 10.7. The van der Waals surface area contributed by atoms with Gasteiger partial charge in [-0.05, 0) is 12.0 Å². The van der Waals surface area contributed by atoms with E-state index in [1.807, 2.05) is 30.3 Å². The van der Waals surface area contributed by atoms with Crippen LogP contribution in [0.15, 0.2) is 30.3 Å². The Kier molecular flexibility index (Phi) is 13.7. The molecule has 0 saturated carbocycles. The fraction of sp³-hybridized carbons (Fsp3) is 0.696. The van der Waals surface area contributed by atoms with Crippen molar-refractivity contribution in [3.8, 4) is 0 Å². The molecule has 0 spiro atoms. The van der Waals surface area contributed by atoms with Crippen molar-refractivity contribution in [1.29, 1.82) is 0 Å². The van der Waals surface area contributed by atoms with E-state index in [4.69, 9.17) is 9.84 Å². The zero-order valence-corrected chi connectivity index (χ0v) is 16.9. The highest BCUT2D eigenvalue weighted by molar-refractivity contribution is 5.67. The summed E-state index contributed by atoms with van der Waals surface area (Å²) < 4.78 is 6.00. The third-order valence-corrected chi connectivity index (χ3v) is 4.90. The number of rotatable bonds is 17. The number of aliphatic carboxylic acids is 1. The van der Waals surface area contributed by atoms with Crippen LogP contribution in [0.25, 0.3) is 0 Å². The van der Waals surface area contributed by atoms with E-state index in [2.05, 4.69) is 6.92 Å². The number of ether oxygens (including phenoxy) is 1. The third kappa shape index (κ3) is 13.4. The highest BCUT2D eigenvalue weighted by atomic mass is 16.5. The number of aliphatic hydroxyl groups excluding tert-OH is 1. The minimum Gasteiger partial charge on any atom is -0.481 e. The summed E-state index contributed by atoms with van der Waals surface area (Å²) in [4.78, 5) is 10.8. The zero-order chi connectivity index (χ0) is 19.7. The number of unbranched alkanes of at least 4 members (excludes halogenated alkanes) is 8. The van der Waals surface area contributed by atoms with Crippen molar-refractivity contribution in [3.05, 3.63) is 35.9 Å². The van der Waals surface area contributed by atoms with Crippen molar-refractivity contribution in [3.63, 3.8) is 0 Å². The van der Waals surface area contributed by atoms with Gasteiger partial charge in [-0.25, -0.2) is 0 Å². The molecule has 2 atom stereocenters. The molecule has 1 aromatic carbocycles. The first kappa shape index (κ1) is 23.6. The van der Waals surface area contributed by atoms with Gasteiger partial charge in [-0.3, -0.25) is 4.79 Å². The minimum absolute atomic E-state index is 0.0934. The monoisotopic (exact) mass is 378 g/mol. The summed E-state index contributed by atoms with van der Waals surface area (Å²) in [6.45, 7) is 2.74. The SMILES string of the molecule is CCCCCCCCCCC[C@H](C[C@H](O)CC(=O)O)OCc1ccccc1. The van der Waals surface area contributed by atoms with Crippen LogP contribution in [0.2, 0.25) is 0 Å². The van der Waals surface area contributed by atoms with Crippen LogP contribution in [-0.2, 0) is 16.1 Å². The molecule has 27 heavy (non-hydrogen) atoms. The van der Waals surface area contributed by atoms with Crippen LogP contribution in [0, 0.1) is 0 Å². The maximum Gasteiger partial charge on any atom is 0.305 e. The summed E-state index contributed by atoms with van der Waals surface area (Å²) in [6.07, 6.45) is 11.5. The second-order valence-electron chi connectivity index (χ2n) is 7.52. The van der Waals surface area contributed by atoms with E-state index >= 15 is 0 Å². The Labute approximate surface area is 164 Å². The molecule has 0 saturated heterocycles. The Morgan fingerprint density at radius 2 is 1.56 bits per heavy atom. The van der Waals surface area contributed by atoms with E-state index in [1.165, 1.54) is 51.4 Å². The second kappa shape index (κ2) is 15.6. The second-order valence-corrected chi connectivity index (χ2v) is 7.52. The number of hydrogen-bond donors (Lipinski definition) is 2. The van der Waals surface area contributed by atoms with Crippen molar-refractivity contribution in [1.82, 2.24) is 0 Å². The van der Waals surface area contributed by atoms with Gasteiger partial charge in [0, 0.05) is 6.42 Å². The molecule has 0 unspecified atom stereocenters. The largest absolute Gasteiger partial charge is 0.481 e. The maximum absolute atomic E-state index is 10.8. The number of aliphatic hydroxyl groups is 1. The molecule has 0 amide bonds. The van der Waals surface area contributed by atoms with Crippen LogP contribution in [0.4, 0.5) is 0 Å². The fourth-order valence-corrected chi connectivity index (χ4v) is 3.33. The van der Waals surface area contributed by atoms with Crippen molar-refractivity contribution in [2.24, 2.45) is 0 Å². The number of benzene rings is 1. The van der Waals surface area contributed by atoms with Gasteiger partial charge in [0.2, 0.25) is 0 Å². The third-order valence-electron chi connectivity index (χ3n) is 4.90. The summed E-state index contributed by atoms with van der Waals surface area (Å²) in [5.74, 6) is -0.965. The van der Waals surface area contributed by atoms with E-state index < -0.39 is 12.1 Å². The molecule has 4 heteroatoms. The summed E-state index contributed by atoms with van der Waals surface area (Å²) >= 11 is 0. The highest BCUT2D eigenvalue weighted by Gasteiger charge is 2.17. The molecule has 0 aliphatic rings. The number of hydrogen-bond acceptors (Lipinski definition) is 3. The minimum atomic E-state index is -0.965.